The monoisotopic (exact) mass is 575 g/mol. The minimum Gasteiger partial charge on any atom is -0.496 e. The topological polar surface area (TPSA) is 101 Å². The fraction of sp³-hybridized carbons (Fsp3) is 0.576. The van der Waals surface area contributed by atoms with Crippen molar-refractivity contribution in [3.05, 3.63) is 36.4 Å². The highest BCUT2D eigenvalue weighted by atomic mass is 16.5. The molecule has 1 aliphatic carbocycles. The van der Waals surface area contributed by atoms with Crippen LogP contribution in [0.5, 0.6) is 5.75 Å². The first-order valence-corrected chi connectivity index (χ1v) is 15.4. The molecule has 0 radical (unpaired) electrons. The van der Waals surface area contributed by atoms with E-state index in [4.69, 9.17) is 14.1 Å². The van der Waals surface area contributed by atoms with Crippen LogP contribution in [0.1, 0.15) is 76.6 Å². The van der Waals surface area contributed by atoms with Gasteiger partial charge in [0.2, 0.25) is 11.8 Å². The Labute approximate surface area is 249 Å². The number of oxazole rings is 1. The number of benzene rings is 1. The van der Waals surface area contributed by atoms with Gasteiger partial charge in [0.1, 0.15) is 23.4 Å². The Kier molecular flexibility index (Phi) is 9.16. The second-order valence-corrected chi connectivity index (χ2v) is 12.3. The van der Waals surface area contributed by atoms with Gasteiger partial charge in [0.15, 0.2) is 5.76 Å². The van der Waals surface area contributed by atoms with Gasteiger partial charge in [-0.1, -0.05) is 19.8 Å². The van der Waals surface area contributed by atoms with Crippen molar-refractivity contribution in [2.45, 2.75) is 70.8 Å². The number of rotatable bonds is 13. The summed E-state index contributed by atoms with van der Waals surface area (Å²) in [6.45, 7) is 4.00. The number of unbranched alkanes of at least 4 members (excludes halogenated alkanes) is 2. The lowest BCUT2D eigenvalue weighted by molar-refractivity contribution is -0.124. The van der Waals surface area contributed by atoms with E-state index in [-0.39, 0.29) is 23.3 Å². The number of hydrogen-bond acceptors (Lipinski definition) is 8. The second kappa shape index (κ2) is 12.8. The normalized spacial score (nSPS) is 18.6. The largest absolute Gasteiger partial charge is 0.496 e. The van der Waals surface area contributed by atoms with E-state index in [0.717, 1.165) is 73.9 Å². The number of ketones is 1. The minimum atomic E-state index is -0.326. The zero-order valence-electron chi connectivity index (χ0n) is 25.7. The molecule has 0 unspecified atom stereocenters. The lowest BCUT2D eigenvalue weighted by atomic mass is 9.91. The Morgan fingerprint density at radius 1 is 1.19 bits per heavy atom. The van der Waals surface area contributed by atoms with Gasteiger partial charge >= 0.3 is 0 Å². The van der Waals surface area contributed by atoms with Gasteiger partial charge < -0.3 is 24.3 Å². The molecule has 9 nitrogen and oxygen atoms in total. The number of methoxy groups -OCH3 is 1. The van der Waals surface area contributed by atoms with E-state index in [1.807, 2.05) is 50.2 Å². The number of piperidine rings is 1. The zero-order valence-corrected chi connectivity index (χ0v) is 25.7. The lowest BCUT2D eigenvalue weighted by Crippen LogP contribution is -2.36. The minimum absolute atomic E-state index is 0.0606. The molecule has 1 saturated heterocycles. The number of amides is 1. The Morgan fingerprint density at radius 2 is 1.98 bits per heavy atom. The molecule has 2 atom stereocenters. The van der Waals surface area contributed by atoms with Gasteiger partial charge in [0.05, 0.1) is 24.4 Å². The molecule has 226 valence electrons. The average Bonchev–Trinajstić information content (AvgIpc) is 3.47. The smallest absolute Gasteiger partial charge is 0.224 e. The highest BCUT2D eigenvalue weighted by Gasteiger charge is 2.58. The number of Topliss-reactive ketones (excluding diaryl/α,β-unsaturated/α-hetero) is 1. The standard InChI is InChI=1S/C33H45N5O4/c1-6-23(39)10-8-7-9-11-26(36-31(40)25-20-33(25)14-16-38(4)17-15-33)32-34-21-29(42-32)24-18-22-12-13-30(37(2)3)35-27(22)19-28(24)41-5/h12-13,18-19,21,25-26H,6-11,14-17,20H2,1-5H3,(H,36,40)/t25-,26+/m1/s1. The maximum absolute atomic E-state index is 13.5. The number of likely N-dealkylation sites (tertiary alicyclic amines) is 1. The molecule has 3 aromatic rings. The first-order chi connectivity index (χ1) is 20.2. The third-order valence-corrected chi connectivity index (χ3v) is 9.19. The van der Waals surface area contributed by atoms with Gasteiger partial charge in [-0.2, -0.15) is 0 Å². The van der Waals surface area contributed by atoms with Crippen molar-refractivity contribution in [3.63, 3.8) is 0 Å². The predicted octanol–water partition coefficient (Wildman–Crippen LogP) is 5.78. The molecule has 3 heterocycles. The van der Waals surface area contributed by atoms with Crippen LogP contribution in [0.4, 0.5) is 5.82 Å². The average molecular weight is 576 g/mol. The van der Waals surface area contributed by atoms with E-state index in [9.17, 15) is 9.59 Å². The summed E-state index contributed by atoms with van der Waals surface area (Å²) < 4.78 is 12.1. The van der Waals surface area contributed by atoms with Crippen LogP contribution in [-0.2, 0) is 9.59 Å². The molecule has 1 spiro atoms. The number of anilines is 1. The molecule has 1 N–H and O–H groups in total. The molecule has 42 heavy (non-hydrogen) atoms. The van der Waals surface area contributed by atoms with Crippen molar-refractivity contribution >= 4 is 28.4 Å². The highest BCUT2D eigenvalue weighted by molar-refractivity contribution is 5.88. The summed E-state index contributed by atoms with van der Waals surface area (Å²) >= 11 is 0. The van der Waals surface area contributed by atoms with Crippen LogP contribution < -0.4 is 15.0 Å². The van der Waals surface area contributed by atoms with Gasteiger partial charge in [-0.25, -0.2) is 9.97 Å². The van der Waals surface area contributed by atoms with Crippen molar-refractivity contribution < 1.29 is 18.7 Å². The first kappa shape index (κ1) is 30.0. The Balaban J connectivity index is 1.34. The van der Waals surface area contributed by atoms with Crippen LogP contribution in [0.25, 0.3) is 22.2 Å². The molecule has 1 aromatic carbocycles. The van der Waals surface area contributed by atoms with Crippen LogP contribution in [0.2, 0.25) is 0 Å². The van der Waals surface area contributed by atoms with Crippen LogP contribution in [0.3, 0.4) is 0 Å². The lowest BCUT2D eigenvalue weighted by Gasteiger charge is -2.30. The van der Waals surface area contributed by atoms with E-state index < -0.39 is 0 Å². The molecule has 5 rings (SSSR count). The molecular weight excluding hydrogens is 530 g/mol. The van der Waals surface area contributed by atoms with Crippen molar-refractivity contribution in [2.75, 3.05) is 46.2 Å². The highest BCUT2D eigenvalue weighted by Crippen LogP contribution is 2.59. The Hall–Kier alpha value is -3.46. The van der Waals surface area contributed by atoms with Crippen molar-refractivity contribution in [3.8, 4) is 17.1 Å². The van der Waals surface area contributed by atoms with Crippen LogP contribution in [0.15, 0.2) is 34.9 Å². The number of hydrogen-bond donors (Lipinski definition) is 1. The SMILES string of the molecule is CCC(=O)CCCCC[C@H](NC(=O)[C@H]1CC12CCN(C)CC2)c1ncc(-c2cc3ccc(N(C)C)nc3cc2OC)o1. The molecule has 2 aromatic heterocycles. The maximum Gasteiger partial charge on any atom is 0.224 e. The quantitative estimate of drug-likeness (QED) is 0.256. The number of carbonyl (C=O) groups excluding carboxylic acids is 2. The summed E-state index contributed by atoms with van der Waals surface area (Å²) in [5.74, 6) is 3.08. The molecule has 0 bridgehead atoms. The molecule has 9 heteroatoms. The molecule has 1 aliphatic heterocycles. The fourth-order valence-corrected chi connectivity index (χ4v) is 6.21. The van der Waals surface area contributed by atoms with Crippen molar-refractivity contribution in [1.82, 2.24) is 20.2 Å². The third kappa shape index (κ3) is 6.61. The molecular formula is C33H45N5O4. The summed E-state index contributed by atoms with van der Waals surface area (Å²) in [5.41, 5.74) is 1.78. The number of aromatic nitrogens is 2. The summed E-state index contributed by atoms with van der Waals surface area (Å²) in [7, 11) is 7.72. The fourth-order valence-electron chi connectivity index (χ4n) is 6.21. The van der Waals surface area contributed by atoms with Gasteiger partial charge in [-0.05, 0) is 75.9 Å². The van der Waals surface area contributed by atoms with Gasteiger partial charge in [0, 0.05) is 44.3 Å². The van der Waals surface area contributed by atoms with Gasteiger partial charge in [0.25, 0.3) is 0 Å². The van der Waals surface area contributed by atoms with Gasteiger partial charge in [-0.3, -0.25) is 9.59 Å². The molecule has 1 amide bonds. The summed E-state index contributed by atoms with van der Waals surface area (Å²) in [4.78, 5) is 38.9. The molecule has 1 saturated carbocycles. The third-order valence-electron chi connectivity index (χ3n) is 9.19. The molecule has 2 aliphatic rings. The summed E-state index contributed by atoms with van der Waals surface area (Å²) in [6.07, 6.45) is 9.40. The van der Waals surface area contributed by atoms with Crippen molar-refractivity contribution in [2.24, 2.45) is 11.3 Å². The zero-order chi connectivity index (χ0) is 29.9. The Morgan fingerprint density at radius 3 is 2.69 bits per heavy atom. The van der Waals surface area contributed by atoms with E-state index in [1.165, 1.54) is 0 Å². The van der Waals surface area contributed by atoms with Crippen molar-refractivity contribution in [1.29, 1.82) is 0 Å². The number of pyridine rings is 1. The van der Waals surface area contributed by atoms with E-state index >= 15 is 0 Å². The van der Waals surface area contributed by atoms with Crippen LogP contribution >= 0.6 is 0 Å². The first-order valence-electron chi connectivity index (χ1n) is 15.4. The number of nitrogens with zero attached hydrogens (tertiary/aromatic N) is 4. The van der Waals surface area contributed by atoms with Crippen LogP contribution in [-0.4, -0.2) is 67.9 Å². The van der Waals surface area contributed by atoms with Crippen LogP contribution in [0, 0.1) is 11.3 Å². The maximum atomic E-state index is 13.5. The number of fused-ring (bicyclic) bond motifs is 1. The summed E-state index contributed by atoms with van der Waals surface area (Å²) in [6, 6.07) is 7.63. The van der Waals surface area contributed by atoms with Gasteiger partial charge in [-0.15, -0.1) is 0 Å². The number of carbonyl (C=O) groups is 2. The number of nitrogens with one attached hydrogen (secondary N) is 1. The molecule has 2 fully saturated rings. The van der Waals surface area contributed by atoms with E-state index in [1.54, 1.807) is 13.3 Å². The van der Waals surface area contributed by atoms with E-state index in [2.05, 4.69) is 22.2 Å². The Bertz CT molecular complexity index is 1410. The predicted molar refractivity (Wildman–Crippen MR) is 165 cm³/mol. The summed E-state index contributed by atoms with van der Waals surface area (Å²) in [5, 5.41) is 4.28. The second-order valence-electron chi connectivity index (χ2n) is 12.3. The number of ether oxygens (including phenoxy) is 1. The van der Waals surface area contributed by atoms with E-state index in [0.29, 0.717) is 42.4 Å².